The predicted molar refractivity (Wildman–Crippen MR) is 44.9 cm³/mol. The zero-order valence-electron chi connectivity index (χ0n) is 7.12. The van der Waals surface area contributed by atoms with Crippen LogP contribution >= 0.6 is 0 Å². The van der Waals surface area contributed by atoms with Crippen LogP contribution in [0, 0.1) is 5.82 Å². The third-order valence-electron chi connectivity index (χ3n) is 1.48. The Bertz CT molecular complexity index is 489. The fraction of sp³-hybridized carbons (Fsp3) is 0.167. The normalized spacial score (nSPS) is 12.1. The van der Waals surface area contributed by atoms with Crippen LogP contribution in [0.5, 0.6) is 0 Å². The van der Waals surface area contributed by atoms with Gasteiger partial charge in [-0.3, -0.25) is 0 Å². The highest BCUT2D eigenvalue weighted by atomic mass is 32.2. The lowest BCUT2D eigenvalue weighted by Crippen LogP contribution is -2.18. The number of nitrogens with zero attached hydrogens (tertiary/aromatic N) is 1. The minimum absolute atomic E-state index is 0.496. The van der Waals surface area contributed by atoms with Gasteiger partial charge in [-0.25, -0.2) is 31.7 Å². The molecule has 1 aromatic heterocycles. The Kier molecular flexibility index (Phi) is 2.86. The molecule has 1 heterocycles. The van der Waals surface area contributed by atoms with Crippen LogP contribution in [-0.4, -0.2) is 13.4 Å². The summed E-state index contributed by atoms with van der Waals surface area (Å²) in [4.78, 5) is 3.07. The fourth-order valence-corrected chi connectivity index (χ4v) is 1.66. The second-order valence-electron chi connectivity index (χ2n) is 2.59. The molecule has 0 aliphatic rings. The van der Waals surface area contributed by atoms with E-state index < -0.39 is 38.7 Å². The number of sulfonamides is 1. The lowest BCUT2D eigenvalue weighted by molar-refractivity contribution is 0.141. The smallest absolute Gasteiger partial charge is 0.269 e. The Hall–Kier alpha value is -1.35. The van der Waals surface area contributed by atoms with Crippen LogP contribution in [0.4, 0.5) is 19.0 Å². The van der Waals surface area contributed by atoms with Gasteiger partial charge in [-0.2, -0.15) is 0 Å². The molecule has 0 fully saturated rings. The number of pyridine rings is 1. The molecular weight excluding hydrogens is 235 g/mol. The van der Waals surface area contributed by atoms with Crippen molar-refractivity contribution in [2.24, 2.45) is 5.14 Å². The maximum atomic E-state index is 13.0. The molecule has 0 atom stereocenters. The second kappa shape index (κ2) is 3.66. The highest BCUT2D eigenvalue weighted by molar-refractivity contribution is 7.89. The van der Waals surface area contributed by atoms with Crippen LogP contribution in [0.2, 0.25) is 0 Å². The number of rotatable bonds is 2. The number of primary sulfonamides is 1. The zero-order chi connectivity index (χ0) is 11.8. The number of aromatic nitrogens is 1. The molecule has 0 aromatic carbocycles. The van der Waals surface area contributed by atoms with Crippen molar-refractivity contribution < 1.29 is 21.6 Å². The molecule has 1 aromatic rings. The summed E-state index contributed by atoms with van der Waals surface area (Å²) in [5.74, 6) is -2.00. The quantitative estimate of drug-likeness (QED) is 0.782. The summed E-state index contributed by atoms with van der Waals surface area (Å²) in [5.41, 5.74) is 3.64. The first-order chi connectivity index (χ1) is 6.73. The third kappa shape index (κ3) is 2.36. The number of anilines is 1. The van der Waals surface area contributed by atoms with Crippen LogP contribution < -0.4 is 10.9 Å². The lowest BCUT2D eigenvalue weighted by Gasteiger charge is -2.07. The van der Waals surface area contributed by atoms with E-state index in [-0.39, 0.29) is 0 Å². The van der Waals surface area contributed by atoms with E-state index in [0.717, 1.165) is 0 Å². The van der Waals surface area contributed by atoms with Gasteiger partial charge in [0.1, 0.15) is 11.6 Å². The van der Waals surface area contributed by atoms with E-state index in [1.54, 1.807) is 0 Å². The summed E-state index contributed by atoms with van der Waals surface area (Å²) in [6.07, 6.45) is -3.34. The van der Waals surface area contributed by atoms with E-state index >= 15 is 0 Å². The van der Waals surface area contributed by atoms with Crippen LogP contribution in [0.3, 0.4) is 0 Å². The molecule has 0 aliphatic heterocycles. The van der Waals surface area contributed by atoms with E-state index in [4.69, 9.17) is 5.73 Å². The topological polar surface area (TPSA) is 99.1 Å². The monoisotopic (exact) mass is 241 g/mol. The standard InChI is InChI=1S/C6H6F3N3O2S/c7-2-1-3(10)12-6(15(11,13)14)4(2)5(8)9/h1,5H,(H2,10,12)(H2,11,13,14). The van der Waals surface area contributed by atoms with Crippen molar-refractivity contribution in [3.8, 4) is 0 Å². The van der Waals surface area contributed by atoms with Crippen LogP contribution in [-0.2, 0) is 10.0 Å². The summed E-state index contributed by atoms with van der Waals surface area (Å²) in [6, 6.07) is 0.496. The first kappa shape index (κ1) is 11.7. The Labute approximate surface area is 83.0 Å². The fourth-order valence-electron chi connectivity index (χ4n) is 0.934. The first-order valence-electron chi connectivity index (χ1n) is 3.50. The van der Waals surface area contributed by atoms with Crippen molar-refractivity contribution in [1.29, 1.82) is 0 Å². The summed E-state index contributed by atoms with van der Waals surface area (Å²) < 4.78 is 59.2. The molecule has 0 radical (unpaired) electrons. The number of alkyl halides is 2. The molecule has 0 amide bonds. The highest BCUT2D eigenvalue weighted by Crippen LogP contribution is 2.28. The van der Waals surface area contributed by atoms with Gasteiger partial charge >= 0.3 is 0 Å². The van der Waals surface area contributed by atoms with Crippen LogP contribution in [0.25, 0.3) is 0 Å². The van der Waals surface area contributed by atoms with Crippen molar-refractivity contribution >= 4 is 15.8 Å². The summed E-state index contributed by atoms with van der Waals surface area (Å²) in [6.45, 7) is 0. The Balaban J connectivity index is 3.62. The molecular formula is C6H6F3N3O2S. The van der Waals surface area contributed by atoms with E-state index in [1.165, 1.54) is 0 Å². The molecule has 15 heavy (non-hydrogen) atoms. The Morgan fingerprint density at radius 1 is 1.40 bits per heavy atom. The minimum atomic E-state index is -4.53. The average Bonchev–Trinajstić information content (AvgIpc) is 1.99. The molecule has 4 N–H and O–H groups in total. The molecule has 0 saturated heterocycles. The maximum Gasteiger partial charge on any atom is 0.269 e. The molecule has 84 valence electrons. The molecule has 9 heteroatoms. The molecule has 5 nitrogen and oxygen atoms in total. The van der Waals surface area contributed by atoms with Gasteiger partial charge in [-0.15, -0.1) is 0 Å². The molecule has 0 bridgehead atoms. The number of hydrogen-bond donors (Lipinski definition) is 2. The molecule has 1 rings (SSSR count). The van der Waals surface area contributed by atoms with Gasteiger partial charge in [0.15, 0.2) is 5.03 Å². The van der Waals surface area contributed by atoms with Gasteiger partial charge in [0.2, 0.25) is 0 Å². The summed E-state index contributed by atoms with van der Waals surface area (Å²) in [5, 5.41) is 3.35. The largest absolute Gasteiger partial charge is 0.384 e. The van der Waals surface area contributed by atoms with Gasteiger partial charge in [0, 0.05) is 6.07 Å². The molecule has 0 spiro atoms. The Morgan fingerprint density at radius 2 is 1.93 bits per heavy atom. The lowest BCUT2D eigenvalue weighted by atomic mass is 10.3. The van der Waals surface area contributed by atoms with Gasteiger partial charge in [0.05, 0.1) is 5.56 Å². The summed E-state index contributed by atoms with van der Waals surface area (Å²) >= 11 is 0. The maximum absolute atomic E-state index is 13.0. The van der Waals surface area contributed by atoms with Crippen LogP contribution in [0.1, 0.15) is 12.0 Å². The zero-order valence-corrected chi connectivity index (χ0v) is 7.93. The van der Waals surface area contributed by atoms with E-state index in [0.29, 0.717) is 6.07 Å². The molecule has 0 unspecified atom stereocenters. The van der Waals surface area contributed by atoms with Crippen molar-refractivity contribution in [2.45, 2.75) is 11.5 Å². The first-order valence-corrected chi connectivity index (χ1v) is 5.05. The number of nitrogens with two attached hydrogens (primary N) is 2. The van der Waals surface area contributed by atoms with Gasteiger partial charge in [0.25, 0.3) is 16.4 Å². The van der Waals surface area contributed by atoms with E-state index in [1.807, 2.05) is 0 Å². The highest BCUT2D eigenvalue weighted by Gasteiger charge is 2.27. The number of hydrogen-bond acceptors (Lipinski definition) is 4. The van der Waals surface area contributed by atoms with Gasteiger partial charge < -0.3 is 5.73 Å². The predicted octanol–water partition coefficient (Wildman–Crippen LogP) is 0.388. The number of nitrogen functional groups attached to an aromatic ring is 1. The van der Waals surface area contributed by atoms with Crippen LogP contribution in [0.15, 0.2) is 11.1 Å². The average molecular weight is 241 g/mol. The molecule has 0 saturated carbocycles. The van der Waals surface area contributed by atoms with E-state index in [2.05, 4.69) is 10.1 Å². The summed E-state index contributed by atoms with van der Waals surface area (Å²) in [7, 11) is -4.53. The number of halogens is 3. The van der Waals surface area contributed by atoms with Gasteiger partial charge in [-0.1, -0.05) is 0 Å². The minimum Gasteiger partial charge on any atom is -0.384 e. The van der Waals surface area contributed by atoms with Crippen molar-refractivity contribution in [3.05, 3.63) is 17.4 Å². The second-order valence-corrected chi connectivity index (χ2v) is 4.07. The van der Waals surface area contributed by atoms with Crippen molar-refractivity contribution in [1.82, 2.24) is 4.98 Å². The third-order valence-corrected chi connectivity index (χ3v) is 2.33. The Morgan fingerprint density at radius 3 is 2.33 bits per heavy atom. The molecule has 0 aliphatic carbocycles. The van der Waals surface area contributed by atoms with E-state index in [9.17, 15) is 21.6 Å². The van der Waals surface area contributed by atoms with Crippen molar-refractivity contribution in [2.75, 3.05) is 5.73 Å². The van der Waals surface area contributed by atoms with Crippen molar-refractivity contribution in [3.63, 3.8) is 0 Å². The van der Waals surface area contributed by atoms with Gasteiger partial charge in [-0.05, 0) is 0 Å². The SMILES string of the molecule is Nc1cc(F)c(C(F)F)c(S(N)(=O)=O)n1.